The van der Waals surface area contributed by atoms with E-state index in [0.717, 1.165) is 60.2 Å². The van der Waals surface area contributed by atoms with E-state index in [-0.39, 0.29) is 0 Å². The third-order valence-corrected chi connectivity index (χ3v) is 7.56. The maximum absolute atomic E-state index is 6.63. The molecule has 0 saturated carbocycles. The van der Waals surface area contributed by atoms with E-state index in [1.54, 1.807) is 6.33 Å². The van der Waals surface area contributed by atoms with Crippen molar-refractivity contribution in [3.8, 4) is 17.1 Å². The van der Waals surface area contributed by atoms with Gasteiger partial charge < -0.3 is 4.90 Å². The molecule has 0 bridgehead atoms. The molecule has 0 aliphatic carbocycles. The highest BCUT2D eigenvalue weighted by Gasteiger charge is 2.27. The lowest BCUT2D eigenvalue weighted by molar-refractivity contribution is 0.198. The van der Waals surface area contributed by atoms with Gasteiger partial charge in [-0.15, -0.1) is 0 Å². The monoisotopic (exact) mass is 529 g/mol. The number of hydrogen-bond acceptors (Lipinski definition) is 6. The van der Waals surface area contributed by atoms with Gasteiger partial charge in [0.15, 0.2) is 17.0 Å². The van der Waals surface area contributed by atoms with Crippen LogP contribution in [0.3, 0.4) is 0 Å². The Morgan fingerprint density at radius 1 is 0.838 bits per heavy atom. The van der Waals surface area contributed by atoms with Crippen LogP contribution in [0, 0.1) is 0 Å². The summed E-state index contributed by atoms with van der Waals surface area (Å²) < 4.78 is 2.03. The molecule has 4 heterocycles. The summed E-state index contributed by atoms with van der Waals surface area (Å²) in [5.41, 5.74) is 4.50. The predicted molar refractivity (Wildman–Crippen MR) is 149 cm³/mol. The molecule has 2 aromatic carbocycles. The van der Waals surface area contributed by atoms with Gasteiger partial charge >= 0.3 is 0 Å². The van der Waals surface area contributed by atoms with Gasteiger partial charge in [-0.25, -0.2) is 15.0 Å². The van der Waals surface area contributed by atoms with Crippen LogP contribution in [0.5, 0.6) is 0 Å². The Kier molecular flexibility index (Phi) is 6.50. The normalized spacial score (nSPS) is 15.3. The molecule has 1 atom stereocenters. The Morgan fingerprint density at radius 3 is 2.30 bits per heavy atom. The topological polar surface area (TPSA) is 63.0 Å². The molecular weight excluding hydrogens is 505 g/mol. The summed E-state index contributed by atoms with van der Waals surface area (Å²) in [6.45, 7) is 5.78. The van der Waals surface area contributed by atoms with E-state index in [2.05, 4.69) is 38.8 Å². The second-order valence-electron chi connectivity index (χ2n) is 9.08. The molecule has 0 N–H and O–H groups in total. The summed E-state index contributed by atoms with van der Waals surface area (Å²) in [5, 5.41) is 1.29. The summed E-state index contributed by atoms with van der Waals surface area (Å²) in [6, 6.07) is 19.9. The van der Waals surface area contributed by atoms with Crippen LogP contribution >= 0.6 is 23.2 Å². The standard InChI is InChI=1S/C28H25Cl2N7/c1-19(20-10-12-31-13-11-20)35-14-16-36(17-15-35)27-25-28(33-18-32-27)37(22-8-6-21(29)7-9-22)26(34-25)23-4-2-3-5-24(23)30/h2-13,18-19H,14-17H2,1H3. The van der Waals surface area contributed by atoms with E-state index < -0.39 is 0 Å². The number of hydrogen-bond donors (Lipinski definition) is 0. The molecule has 1 saturated heterocycles. The lowest BCUT2D eigenvalue weighted by Crippen LogP contribution is -2.47. The Hall–Kier alpha value is -3.52. The van der Waals surface area contributed by atoms with E-state index in [4.69, 9.17) is 33.2 Å². The fraction of sp³-hybridized carbons (Fsp3) is 0.214. The van der Waals surface area contributed by atoms with E-state index in [1.165, 1.54) is 5.56 Å². The highest BCUT2D eigenvalue weighted by atomic mass is 35.5. The van der Waals surface area contributed by atoms with Crippen molar-refractivity contribution in [1.82, 2.24) is 29.4 Å². The zero-order valence-corrected chi connectivity index (χ0v) is 21.8. The van der Waals surface area contributed by atoms with E-state index in [9.17, 15) is 0 Å². The van der Waals surface area contributed by atoms with Crippen LogP contribution in [0.1, 0.15) is 18.5 Å². The van der Waals surface area contributed by atoms with Crippen molar-refractivity contribution in [3.63, 3.8) is 0 Å². The average Bonchev–Trinajstić information content (AvgIpc) is 3.33. The maximum Gasteiger partial charge on any atom is 0.170 e. The van der Waals surface area contributed by atoms with Crippen LogP contribution in [0.25, 0.3) is 28.2 Å². The highest BCUT2D eigenvalue weighted by molar-refractivity contribution is 6.33. The van der Waals surface area contributed by atoms with Gasteiger partial charge in [0.05, 0.1) is 5.02 Å². The molecule has 5 aromatic rings. The van der Waals surface area contributed by atoms with Crippen LogP contribution < -0.4 is 4.90 Å². The van der Waals surface area contributed by atoms with Crippen molar-refractivity contribution in [2.75, 3.05) is 31.1 Å². The molecule has 1 fully saturated rings. The van der Waals surface area contributed by atoms with Crippen LogP contribution in [0.15, 0.2) is 79.4 Å². The van der Waals surface area contributed by atoms with Crippen LogP contribution in [0.2, 0.25) is 10.0 Å². The largest absolute Gasteiger partial charge is 0.352 e. The molecule has 0 radical (unpaired) electrons. The fourth-order valence-electron chi connectivity index (χ4n) is 4.94. The van der Waals surface area contributed by atoms with Crippen molar-refractivity contribution >= 4 is 40.2 Å². The van der Waals surface area contributed by atoms with Gasteiger partial charge in [-0.2, -0.15) is 0 Å². The number of halogens is 2. The average molecular weight is 530 g/mol. The minimum atomic E-state index is 0.325. The van der Waals surface area contributed by atoms with Gasteiger partial charge in [-0.05, 0) is 61.0 Å². The van der Waals surface area contributed by atoms with Crippen molar-refractivity contribution in [1.29, 1.82) is 0 Å². The third kappa shape index (κ3) is 4.55. The number of pyridine rings is 1. The molecular formula is C28H25Cl2N7. The molecule has 37 heavy (non-hydrogen) atoms. The van der Waals surface area contributed by atoms with E-state index >= 15 is 0 Å². The molecule has 0 spiro atoms. The SMILES string of the molecule is CC(c1ccncc1)N1CCN(c2ncnc3c2nc(-c2ccccc2Cl)n3-c2ccc(Cl)cc2)CC1. The molecule has 7 nitrogen and oxygen atoms in total. The van der Waals surface area contributed by atoms with Crippen LogP contribution in [0.4, 0.5) is 5.82 Å². The van der Waals surface area contributed by atoms with Gasteiger partial charge in [-0.1, -0.05) is 35.3 Å². The lowest BCUT2D eigenvalue weighted by Gasteiger charge is -2.38. The van der Waals surface area contributed by atoms with Gasteiger partial charge in [0.1, 0.15) is 12.2 Å². The van der Waals surface area contributed by atoms with Crippen molar-refractivity contribution in [2.45, 2.75) is 13.0 Å². The summed E-state index contributed by atoms with van der Waals surface area (Å²) in [5.74, 6) is 1.55. The van der Waals surface area contributed by atoms with Crippen LogP contribution in [-0.4, -0.2) is 55.6 Å². The highest BCUT2D eigenvalue weighted by Crippen LogP contribution is 2.35. The number of imidazole rings is 1. The molecule has 1 aliphatic rings. The lowest BCUT2D eigenvalue weighted by atomic mass is 10.1. The summed E-state index contributed by atoms with van der Waals surface area (Å²) >= 11 is 12.8. The third-order valence-electron chi connectivity index (χ3n) is 6.97. The molecule has 1 aliphatic heterocycles. The first kappa shape index (κ1) is 23.9. The van der Waals surface area contributed by atoms with Gasteiger partial charge in [0, 0.05) is 60.9 Å². The number of piperazine rings is 1. The second kappa shape index (κ2) is 10.1. The fourth-order valence-corrected chi connectivity index (χ4v) is 5.29. The summed E-state index contributed by atoms with van der Waals surface area (Å²) in [6.07, 6.45) is 5.33. The van der Waals surface area contributed by atoms with Crippen LogP contribution in [-0.2, 0) is 0 Å². The summed E-state index contributed by atoms with van der Waals surface area (Å²) in [4.78, 5) is 23.4. The Labute approximate surface area is 225 Å². The Balaban J connectivity index is 1.38. The molecule has 6 rings (SSSR count). The maximum atomic E-state index is 6.63. The zero-order chi connectivity index (χ0) is 25.4. The summed E-state index contributed by atoms with van der Waals surface area (Å²) in [7, 11) is 0. The van der Waals surface area contributed by atoms with Crippen molar-refractivity contribution < 1.29 is 0 Å². The number of aromatic nitrogens is 5. The number of rotatable bonds is 5. The van der Waals surface area contributed by atoms with E-state index in [0.29, 0.717) is 16.1 Å². The quantitative estimate of drug-likeness (QED) is 0.275. The number of anilines is 1. The van der Waals surface area contributed by atoms with Gasteiger partial charge in [-0.3, -0.25) is 14.5 Å². The minimum absolute atomic E-state index is 0.325. The number of nitrogens with zero attached hydrogens (tertiary/aromatic N) is 7. The molecule has 186 valence electrons. The molecule has 0 amide bonds. The number of fused-ring (bicyclic) bond motifs is 1. The molecule has 9 heteroatoms. The first-order chi connectivity index (χ1) is 18.1. The Bertz CT molecular complexity index is 1530. The van der Waals surface area contributed by atoms with E-state index in [1.807, 2.05) is 65.5 Å². The predicted octanol–water partition coefficient (Wildman–Crippen LogP) is 6.07. The first-order valence-corrected chi connectivity index (χ1v) is 13.0. The molecule has 1 unspecified atom stereocenters. The Morgan fingerprint density at radius 2 is 1.57 bits per heavy atom. The van der Waals surface area contributed by atoms with Gasteiger partial charge in [0.2, 0.25) is 0 Å². The second-order valence-corrected chi connectivity index (χ2v) is 9.92. The van der Waals surface area contributed by atoms with Gasteiger partial charge in [0.25, 0.3) is 0 Å². The van der Waals surface area contributed by atoms with Crippen molar-refractivity contribution in [2.24, 2.45) is 0 Å². The zero-order valence-electron chi connectivity index (χ0n) is 20.3. The number of benzene rings is 2. The first-order valence-electron chi connectivity index (χ1n) is 12.2. The molecule has 3 aromatic heterocycles. The smallest absolute Gasteiger partial charge is 0.170 e. The minimum Gasteiger partial charge on any atom is -0.352 e. The van der Waals surface area contributed by atoms with Crippen molar-refractivity contribution in [3.05, 3.63) is 95.0 Å².